The normalized spacial score (nSPS) is 12.1. The molecule has 6 nitrogen and oxygen atoms in total. The first-order chi connectivity index (χ1) is 13.2. The maximum atomic E-state index is 11.5. The van der Waals surface area contributed by atoms with Crippen LogP contribution in [-0.4, -0.2) is 33.8 Å². The summed E-state index contributed by atoms with van der Waals surface area (Å²) in [6.07, 6.45) is 1.31. The number of sulfone groups is 1. The van der Waals surface area contributed by atoms with E-state index in [2.05, 4.69) is 27.8 Å². The average Bonchev–Trinajstić information content (AvgIpc) is 2.62. The first kappa shape index (κ1) is 21.8. The first-order valence-corrected chi connectivity index (χ1v) is 11.1. The van der Waals surface area contributed by atoms with Gasteiger partial charge in [-0.15, -0.1) is 0 Å². The van der Waals surface area contributed by atoms with Gasteiger partial charge in [0.1, 0.15) is 5.75 Å². The first-order valence-electron chi connectivity index (χ1n) is 9.18. The Bertz CT molecular complexity index is 920. The van der Waals surface area contributed by atoms with Crippen LogP contribution < -0.4 is 15.4 Å². The molecule has 0 spiro atoms. The van der Waals surface area contributed by atoms with E-state index in [9.17, 15) is 8.42 Å². The Morgan fingerprint density at radius 2 is 1.71 bits per heavy atom. The van der Waals surface area contributed by atoms with Crippen LogP contribution in [-0.2, 0) is 22.9 Å². The molecule has 0 saturated heterocycles. The molecule has 7 heteroatoms. The minimum Gasteiger partial charge on any atom is -0.491 e. The van der Waals surface area contributed by atoms with Crippen molar-refractivity contribution in [2.75, 3.05) is 13.3 Å². The molecule has 0 aliphatic rings. The van der Waals surface area contributed by atoms with Crippen LogP contribution in [0.15, 0.2) is 52.4 Å². The zero-order valence-corrected chi connectivity index (χ0v) is 17.9. The molecule has 0 bridgehead atoms. The number of hydrogen-bond donors (Lipinski definition) is 2. The number of aryl methyl sites for hydroxylation is 1. The van der Waals surface area contributed by atoms with Gasteiger partial charge >= 0.3 is 0 Å². The summed E-state index contributed by atoms with van der Waals surface area (Å²) in [5.41, 5.74) is 3.17. The number of aliphatic imine (C=N–C) groups is 1. The summed E-state index contributed by atoms with van der Waals surface area (Å²) >= 11 is 0. The molecule has 2 rings (SSSR count). The molecule has 0 amide bonds. The summed E-state index contributed by atoms with van der Waals surface area (Å²) in [6, 6.07) is 13.0. The number of benzene rings is 2. The van der Waals surface area contributed by atoms with Gasteiger partial charge in [0.25, 0.3) is 0 Å². The molecule has 2 N–H and O–H groups in total. The Balaban J connectivity index is 1.97. The summed E-state index contributed by atoms with van der Waals surface area (Å²) in [5, 5.41) is 6.52. The van der Waals surface area contributed by atoms with E-state index in [1.165, 1.54) is 6.26 Å². The smallest absolute Gasteiger partial charge is 0.191 e. The monoisotopic (exact) mass is 403 g/mol. The molecule has 152 valence electrons. The molecule has 0 atom stereocenters. The van der Waals surface area contributed by atoms with Crippen molar-refractivity contribution in [2.24, 2.45) is 4.99 Å². The highest BCUT2D eigenvalue weighted by atomic mass is 32.2. The molecular formula is C21H29N3O3S. The highest BCUT2D eigenvalue weighted by molar-refractivity contribution is 7.90. The van der Waals surface area contributed by atoms with Gasteiger partial charge in [-0.3, -0.25) is 4.99 Å². The van der Waals surface area contributed by atoms with Crippen LogP contribution >= 0.6 is 0 Å². The highest BCUT2D eigenvalue weighted by Gasteiger charge is 2.08. The van der Waals surface area contributed by atoms with Crippen LogP contribution in [0, 0.1) is 6.92 Å². The van der Waals surface area contributed by atoms with Gasteiger partial charge in [-0.2, -0.15) is 0 Å². The standard InChI is InChI=1S/C21H29N3O3S/c1-15(2)27-20-12-16(3)6-9-18(20)14-24-21(22-4)23-13-17-7-10-19(11-8-17)28(5,25)26/h6-12,15H,13-14H2,1-5H3,(H2,22,23,24). The Kier molecular flexibility index (Phi) is 7.45. The zero-order chi connectivity index (χ0) is 20.7. The average molecular weight is 404 g/mol. The third-order valence-corrected chi connectivity index (χ3v) is 5.20. The SMILES string of the molecule is CN=C(NCc1ccc(S(C)(=O)=O)cc1)NCc1ccc(C)cc1OC(C)C. The fourth-order valence-electron chi connectivity index (χ4n) is 2.61. The maximum absolute atomic E-state index is 11.5. The van der Waals surface area contributed by atoms with Crippen molar-refractivity contribution < 1.29 is 13.2 Å². The van der Waals surface area contributed by atoms with Crippen molar-refractivity contribution in [2.45, 2.75) is 44.9 Å². The van der Waals surface area contributed by atoms with E-state index in [4.69, 9.17) is 4.74 Å². The van der Waals surface area contributed by atoms with Gasteiger partial charge in [0, 0.05) is 32.0 Å². The number of nitrogens with one attached hydrogen (secondary N) is 2. The Hall–Kier alpha value is -2.54. The van der Waals surface area contributed by atoms with Crippen LogP contribution in [0.3, 0.4) is 0 Å². The van der Waals surface area contributed by atoms with Crippen LogP contribution in [0.5, 0.6) is 5.75 Å². The minimum atomic E-state index is -3.18. The van der Waals surface area contributed by atoms with Gasteiger partial charge in [-0.25, -0.2) is 8.42 Å². The van der Waals surface area contributed by atoms with E-state index in [1.807, 2.05) is 26.8 Å². The van der Waals surface area contributed by atoms with E-state index in [-0.39, 0.29) is 6.10 Å². The van der Waals surface area contributed by atoms with Gasteiger partial charge < -0.3 is 15.4 Å². The number of guanidine groups is 1. The largest absolute Gasteiger partial charge is 0.491 e. The summed E-state index contributed by atoms with van der Waals surface area (Å²) in [6.45, 7) is 7.17. The van der Waals surface area contributed by atoms with Gasteiger partial charge in [-0.1, -0.05) is 24.3 Å². The topological polar surface area (TPSA) is 79.8 Å². The zero-order valence-electron chi connectivity index (χ0n) is 17.1. The summed E-state index contributed by atoms with van der Waals surface area (Å²) < 4.78 is 29.0. The summed E-state index contributed by atoms with van der Waals surface area (Å²) in [5.74, 6) is 1.53. The predicted octanol–water partition coefficient (Wildman–Crippen LogP) is 3.05. The lowest BCUT2D eigenvalue weighted by atomic mass is 10.1. The van der Waals surface area contributed by atoms with E-state index in [0.29, 0.717) is 23.9 Å². The Morgan fingerprint density at radius 1 is 1.07 bits per heavy atom. The number of nitrogens with zero attached hydrogens (tertiary/aromatic N) is 1. The minimum absolute atomic E-state index is 0.105. The molecule has 0 saturated carbocycles. The van der Waals surface area contributed by atoms with Gasteiger partial charge in [0.2, 0.25) is 0 Å². The van der Waals surface area contributed by atoms with Gasteiger partial charge in [-0.05, 0) is 50.1 Å². The third kappa shape index (κ3) is 6.56. The number of ether oxygens (including phenoxy) is 1. The highest BCUT2D eigenvalue weighted by Crippen LogP contribution is 2.21. The molecule has 0 radical (unpaired) electrons. The van der Waals surface area contributed by atoms with Crippen molar-refractivity contribution in [1.82, 2.24) is 10.6 Å². The second-order valence-corrected chi connectivity index (χ2v) is 8.99. The maximum Gasteiger partial charge on any atom is 0.191 e. The van der Waals surface area contributed by atoms with Crippen molar-refractivity contribution in [3.8, 4) is 5.75 Å². The van der Waals surface area contributed by atoms with Gasteiger partial charge in [0.15, 0.2) is 15.8 Å². The van der Waals surface area contributed by atoms with Crippen molar-refractivity contribution in [3.63, 3.8) is 0 Å². The van der Waals surface area contributed by atoms with Gasteiger partial charge in [0.05, 0.1) is 11.0 Å². The molecule has 2 aromatic carbocycles. The quantitative estimate of drug-likeness (QED) is 0.549. The molecule has 0 aliphatic carbocycles. The molecule has 0 aliphatic heterocycles. The molecule has 2 aromatic rings. The molecule has 0 aromatic heterocycles. The van der Waals surface area contributed by atoms with Crippen LogP contribution in [0.2, 0.25) is 0 Å². The molecule has 28 heavy (non-hydrogen) atoms. The summed E-state index contributed by atoms with van der Waals surface area (Å²) in [4.78, 5) is 4.56. The fourth-order valence-corrected chi connectivity index (χ4v) is 3.24. The second kappa shape index (κ2) is 9.59. The lowest BCUT2D eigenvalue weighted by Gasteiger charge is -2.17. The molecule has 0 unspecified atom stereocenters. The summed E-state index contributed by atoms with van der Waals surface area (Å²) in [7, 11) is -1.47. The number of rotatable bonds is 7. The van der Waals surface area contributed by atoms with Crippen molar-refractivity contribution in [3.05, 3.63) is 59.2 Å². The number of hydrogen-bond acceptors (Lipinski definition) is 4. The van der Waals surface area contributed by atoms with E-state index in [0.717, 1.165) is 22.4 Å². The van der Waals surface area contributed by atoms with Crippen LogP contribution in [0.4, 0.5) is 0 Å². The molecular weight excluding hydrogens is 374 g/mol. The van der Waals surface area contributed by atoms with Crippen LogP contribution in [0.1, 0.15) is 30.5 Å². The van der Waals surface area contributed by atoms with E-state index in [1.54, 1.807) is 31.3 Å². The Labute approximate surface area is 168 Å². The Morgan fingerprint density at radius 3 is 2.29 bits per heavy atom. The molecule has 0 fully saturated rings. The van der Waals surface area contributed by atoms with Crippen molar-refractivity contribution >= 4 is 15.8 Å². The second-order valence-electron chi connectivity index (χ2n) is 6.97. The fraction of sp³-hybridized carbons (Fsp3) is 0.381. The molecule has 0 heterocycles. The lowest BCUT2D eigenvalue weighted by Crippen LogP contribution is -2.36. The lowest BCUT2D eigenvalue weighted by molar-refractivity contribution is 0.239. The third-order valence-electron chi connectivity index (χ3n) is 4.07. The van der Waals surface area contributed by atoms with E-state index < -0.39 is 9.84 Å². The van der Waals surface area contributed by atoms with Crippen LogP contribution in [0.25, 0.3) is 0 Å². The predicted molar refractivity (Wildman–Crippen MR) is 114 cm³/mol. The van der Waals surface area contributed by atoms with E-state index >= 15 is 0 Å². The van der Waals surface area contributed by atoms with Crippen molar-refractivity contribution in [1.29, 1.82) is 0 Å².